The average molecular weight is 328 g/mol. The van der Waals surface area contributed by atoms with Crippen molar-refractivity contribution in [1.29, 1.82) is 0 Å². The zero-order chi connectivity index (χ0) is 13.3. The lowest BCUT2D eigenvalue weighted by atomic mass is 10.1. The van der Waals surface area contributed by atoms with Crippen LogP contribution in [0.15, 0.2) is 10.3 Å². The lowest BCUT2D eigenvalue weighted by molar-refractivity contribution is 0.524. The van der Waals surface area contributed by atoms with Gasteiger partial charge in [-0.05, 0) is 37.3 Å². The number of alkyl halides is 1. The monoisotopic (exact) mass is 327 g/mol. The van der Waals surface area contributed by atoms with E-state index in [2.05, 4.69) is 4.72 Å². The van der Waals surface area contributed by atoms with Crippen LogP contribution in [0.5, 0.6) is 0 Å². The summed E-state index contributed by atoms with van der Waals surface area (Å²) in [6, 6.07) is 1.60. The predicted octanol–water partition coefficient (Wildman–Crippen LogP) is 3.40. The first-order valence-corrected chi connectivity index (χ1v) is 8.91. The zero-order valence-corrected chi connectivity index (χ0v) is 13.1. The molecule has 1 heterocycles. The topological polar surface area (TPSA) is 46.2 Å². The largest absolute Gasteiger partial charge is 0.250 e. The molecule has 0 radical (unpaired) electrons. The third-order valence-electron chi connectivity index (χ3n) is 3.20. The molecule has 1 N–H and O–H groups in total. The molecule has 0 aliphatic heterocycles. The molecule has 102 valence electrons. The van der Waals surface area contributed by atoms with E-state index in [1.807, 2.05) is 0 Å². The summed E-state index contributed by atoms with van der Waals surface area (Å²) in [5.41, 5.74) is 0.790. The summed E-state index contributed by atoms with van der Waals surface area (Å²) in [6.45, 7) is 2.20. The highest BCUT2D eigenvalue weighted by Gasteiger charge is 2.27. The molecular weight excluding hydrogens is 313 g/mol. The molecule has 0 aromatic carbocycles. The minimum atomic E-state index is -3.45. The number of hydrogen-bond donors (Lipinski definition) is 1. The SMILES string of the molecule is Cc1cc(S(=O)(=O)NCC2CCCC2Cl)sc1Cl. The second-order valence-corrected chi connectivity index (χ2v) is 8.79. The molecule has 3 nitrogen and oxygen atoms in total. The fraction of sp³-hybridized carbons (Fsp3) is 0.636. The van der Waals surface area contributed by atoms with E-state index in [4.69, 9.17) is 23.2 Å². The van der Waals surface area contributed by atoms with Gasteiger partial charge in [-0.3, -0.25) is 0 Å². The highest BCUT2D eigenvalue weighted by Crippen LogP contribution is 2.32. The van der Waals surface area contributed by atoms with Gasteiger partial charge in [0.2, 0.25) is 10.0 Å². The van der Waals surface area contributed by atoms with Gasteiger partial charge >= 0.3 is 0 Å². The van der Waals surface area contributed by atoms with Crippen molar-refractivity contribution in [2.45, 2.75) is 35.8 Å². The molecule has 0 amide bonds. The van der Waals surface area contributed by atoms with Gasteiger partial charge in [0.25, 0.3) is 0 Å². The molecule has 1 aromatic heterocycles. The summed E-state index contributed by atoms with van der Waals surface area (Å²) in [5.74, 6) is 0.234. The molecule has 0 spiro atoms. The van der Waals surface area contributed by atoms with E-state index in [0.29, 0.717) is 10.9 Å². The summed E-state index contributed by atoms with van der Waals surface area (Å²) >= 11 is 13.1. The number of rotatable bonds is 4. The van der Waals surface area contributed by atoms with E-state index in [1.165, 1.54) is 0 Å². The Hall–Kier alpha value is 0.190. The number of nitrogens with one attached hydrogen (secondary N) is 1. The van der Waals surface area contributed by atoms with Crippen molar-refractivity contribution < 1.29 is 8.42 Å². The third-order valence-corrected chi connectivity index (χ3v) is 7.23. The van der Waals surface area contributed by atoms with Crippen molar-refractivity contribution in [3.8, 4) is 0 Å². The lowest BCUT2D eigenvalue weighted by Gasteiger charge is -2.13. The maximum atomic E-state index is 12.1. The smallest absolute Gasteiger partial charge is 0.210 e. The minimum Gasteiger partial charge on any atom is -0.210 e. The first-order chi connectivity index (χ1) is 8.40. The molecule has 0 bridgehead atoms. The molecular formula is C11H15Cl2NO2S2. The van der Waals surface area contributed by atoms with Gasteiger partial charge in [-0.2, -0.15) is 0 Å². The standard InChI is InChI=1S/C11H15Cl2NO2S2/c1-7-5-10(17-11(7)13)18(15,16)14-6-8-3-2-4-9(8)12/h5,8-9,14H,2-4,6H2,1H3. The Labute approximate surface area is 122 Å². The third kappa shape index (κ3) is 3.20. The van der Waals surface area contributed by atoms with Gasteiger partial charge in [0, 0.05) is 11.9 Å². The molecule has 2 rings (SSSR count). The van der Waals surface area contributed by atoms with Crippen molar-refractivity contribution >= 4 is 44.6 Å². The molecule has 1 aliphatic rings. The Morgan fingerprint density at radius 3 is 2.72 bits per heavy atom. The molecule has 1 saturated carbocycles. The lowest BCUT2D eigenvalue weighted by Crippen LogP contribution is -2.30. The molecule has 1 aromatic rings. The number of halogens is 2. The maximum absolute atomic E-state index is 12.1. The predicted molar refractivity (Wildman–Crippen MR) is 76.2 cm³/mol. The normalized spacial score (nSPS) is 24.6. The van der Waals surface area contributed by atoms with Crippen LogP contribution >= 0.6 is 34.5 Å². The zero-order valence-electron chi connectivity index (χ0n) is 9.95. The molecule has 7 heteroatoms. The molecule has 2 unspecified atom stereocenters. The van der Waals surface area contributed by atoms with Gasteiger partial charge in [-0.25, -0.2) is 13.1 Å². The Morgan fingerprint density at radius 2 is 2.22 bits per heavy atom. The van der Waals surface area contributed by atoms with E-state index in [-0.39, 0.29) is 15.5 Å². The van der Waals surface area contributed by atoms with Crippen molar-refractivity contribution in [3.63, 3.8) is 0 Å². The number of hydrogen-bond acceptors (Lipinski definition) is 3. The van der Waals surface area contributed by atoms with Crippen LogP contribution in [0.4, 0.5) is 0 Å². The van der Waals surface area contributed by atoms with E-state index < -0.39 is 10.0 Å². The van der Waals surface area contributed by atoms with Crippen LogP contribution < -0.4 is 4.72 Å². The van der Waals surface area contributed by atoms with Crippen LogP contribution in [0.3, 0.4) is 0 Å². The Bertz CT molecular complexity index is 508. The van der Waals surface area contributed by atoms with Crippen molar-refractivity contribution in [2.24, 2.45) is 5.92 Å². The van der Waals surface area contributed by atoms with Gasteiger partial charge in [0.05, 0.1) is 4.34 Å². The number of aryl methyl sites for hydroxylation is 1. The molecule has 1 fully saturated rings. The van der Waals surface area contributed by atoms with Crippen LogP contribution in [0, 0.1) is 12.8 Å². The molecule has 1 aliphatic carbocycles. The summed E-state index contributed by atoms with van der Waals surface area (Å²) in [7, 11) is -3.45. The summed E-state index contributed by atoms with van der Waals surface area (Å²) < 4.78 is 27.5. The summed E-state index contributed by atoms with van der Waals surface area (Å²) in [5, 5.41) is 0.0846. The first-order valence-electron chi connectivity index (χ1n) is 5.80. The Morgan fingerprint density at radius 1 is 1.50 bits per heavy atom. The van der Waals surface area contributed by atoms with E-state index >= 15 is 0 Å². The summed E-state index contributed by atoms with van der Waals surface area (Å²) in [6.07, 6.45) is 3.03. The maximum Gasteiger partial charge on any atom is 0.250 e. The highest BCUT2D eigenvalue weighted by atomic mass is 35.5. The van der Waals surface area contributed by atoms with Crippen molar-refractivity contribution in [3.05, 3.63) is 16.0 Å². The van der Waals surface area contributed by atoms with Crippen LogP contribution in [-0.2, 0) is 10.0 Å². The average Bonchev–Trinajstić information content (AvgIpc) is 2.84. The van der Waals surface area contributed by atoms with Crippen LogP contribution in [-0.4, -0.2) is 20.3 Å². The fourth-order valence-corrected chi connectivity index (χ4v) is 5.29. The highest BCUT2D eigenvalue weighted by molar-refractivity contribution is 7.91. The minimum absolute atomic E-state index is 0.0846. The van der Waals surface area contributed by atoms with Gasteiger partial charge < -0.3 is 0 Å². The van der Waals surface area contributed by atoms with E-state index in [1.54, 1.807) is 13.0 Å². The van der Waals surface area contributed by atoms with Gasteiger partial charge in [-0.15, -0.1) is 22.9 Å². The van der Waals surface area contributed by atoms with Crippen molar-refractivity contribution in [2.75, 3.05) is 6.54 Å². The van der Waals surface area contributed by atoms with E-state index in [9.17, 15) is 8.42 Å². The summed E-state index contributed by atoms with van der Waals surface area (Å²) in [4.78, 5) is 0. The number of sulfonamides is 1. The van der Waals surface area contributed by atoms with E-state index in [0.717, 1.165) is 36.2 Å². The Kier molecular flexibility index (Phi) is 4.60. The van der Waals surface area contributed by atoms with Crippen LogP contribution in [0.2, 0.25) is 4.34 Å². The fourth-order valence-electron chi connectivity index (χ4n) is 2.07. The van der Waals surface area contributed by atoms with Crippen molar-refractivity contribution in [1.82, 2.24) is 4.72 Å². The number of thiophene rings is 1. The molecule has 2 atom stereocenters. The van der Waals surface area contributed by atoms with Gasteiger partial charge in [0.15, 0.2) is 0 Å². The molecule has 0 saturated heterocycles. The van der Waals surface area contributed by atoms with Crippen LogP contribution in [0.25, 0.3) is 0 Å². The second-order valence-electron chi connectivity index (χ2n) is 4.58. The first kappa shape index (κ1) is 14.6. The van der Waals surface area contributed by atoms with Gasteiger partial charge in [-0.1, -0.05) is 18.0 Å². The quantitative estimate of drug-likeness (QED) is 0.861. The van der Waals surface area contributed by atoms with Crippen LogP contribution in [0.1, 0.15) is 24.8 Å². The van der Waals surface area contributed by atoms with Gasteiger partial charge in [0.1, 0.15) is 4.21 Å². The Balaban J connectivity index is 2.03. The second kappa shape index (κ2) is 5.67. The molecule has 18 heavy (non-hydrogen) atoms.